The third-order valence-electron chi connectivity index (χ3n) is 3.94. The van der Waals surface area contributed by atoms with Gasteiger partial charge < -0.3 is 4.52 Å². The highest BCUT2D eigenvalue weighted by Crippen LogP contribution is 2.40. The van der Waals surface area contributed by atoms with Crippen LogP contribution in [0.25, 0.3) is 22.4 Å². The van der Waals surface area contributed by atoms with E-state index in [4.69, 9.17) is 9.66 Å². The SMILES string of the molecule is Cc1cc(C)cc(-c2noc(C(F)F)c2-c2ccc(S(N)(=O)=O)c(F)c2)c1. The normalized spacial score (nSPS) is 12.0. The Morgan fingerprint density at radius 2 is 1.67 bits per heavy atom. The molecule has 142 valence electrons. The van der Waals surface area contributed by atoms with Gasteiger partial charge in [0.15, 0.2) is 0 Å². The first-order valence-corrected chi connectivity index (χ1v) is 9.31. The van der Waals surface area contributed by atoms with Gasteiger partial charge in [-0.3, -0.25) is 0 Å². The lowest BCUT2D eigenvalue weighted by atomic mass is 9.97. The van der Waals surface area contributed by atoms with Crippen LogP contribution in [0, 0.1) is 19.7 Å². The van der Waals surface area contributed by atoms with Gasteiger partial charge in [-0.15, -0.1) is 0 Å². The number of alkyl halides is 2. The van der Waals surface area contributed by atoms with E-state index in [1.807, 2.05) is 19.9 Å². The van der Waals surface area contributed by atoms with Gasteiger partial charge in [-0.1, -0.05) is 28.4 Å². The molecule has 0 aliphatic rings. The van der Waals surface area contributed by atoms with E-state index in [0.29, 0.717) is 5.56 Å². The number of aryl methyl sites for hydroxylation is 2. The molecule has 0 saturated carbocycles. The number of rotatable bonds is 4. The lowest BCUT2D eigenvalue weighted by molar-refractivity contribution is 0.113. The van der Waals surface area contributed by atoms with Crippen LogP contribution in [-0.2, 0) is 10.0 Å². The average Bonchev–Trinajstić information content (AvgIpc) is 2.97. The van der Waals surface area contributed by atoms with E-state index in [1.54, 1.807) is 12.1 Å². The molecule has 2 aromatic carbocycles. The Hall–Kier alpha value is -2.65. The van der Waals surface area contributed by atoms with Gasteiger partial charge in [-0.25, -0.2) is 26.7 Å². The van der Waals surface area contributed by atoms with Crippen LogP contribution in [0.1, 0.15) is 23.3 Å². The van der Waals surface area contributed by atoms with Crippen LogP contribution in [0.2, 0.25) is 0 Å². The highest BCUT2D eigenvalue weighted by atomic mass is 32.2. The maximum absolute atomic E-state index is 14.2. The third kappa shape index (κ3) is 3.74. The highest BCUT2D eigenvalue weighted by Gasteiger charge is 2.27. The van der Waals surface area contributed by atoms with Gasteiger partial charge in [0.25, 0.3) is 6.43 Å². The Morgan fingerprint density at radius 1 is 1.04 bits per heavy atom. The van der Waals surface area contributed by atoms with Gasteiger partial charge in [0.2, 0.25) is 15.8 Å². The van der Waals surface area contributed by atoms with Crippen molar-refractivity contribution in [1.82, 2.24) is 5.16 Å². The van der Waals surface area contributed by atoms with Gasteiger partial charge in [0.05, 0.1) is 5.56 Å². The fourth-order valence-corrected chi connectivity index (χ4v) is 3.51. The molecule has 0 radical (unpaired) electrons. The van der Waals surface area contributed by atoms with Gasteiger partial charge >= 0.3 is 0 Å². The molecular weight excluding hydrogens is 381 g/mol. The third-order valence-corrected chi connectivity index (χ3v) is 4.88. The summed E-state index contributed by atoms with van der Waals surface area (Å²) < 4.78 is 68.7. The largest absolute Gasteiger partial charge is 0.354 e. The second-order valence-corrected chi connectivity index (χ2v) is 7.67. The Balaban J connectivity index is 2.26. The fraction of sp³-hybridized carbons (Fsp3) is 0.167. The standard InChI is InChI=1S/C18H15F3N2O3S/c1-9-5-10(2)7-12(6-9)16-15(17(18(20)21)26-23-16)11-3-4-14(13(19)8-11)27(22,24)25/h3-8,18H,1-2H3,(H2,22,24,25). The molecule has 0 fully saturated rings. The number of benzene rings is 2. The molecule has 0 atom stereocenters. The van der Waals surface area contributed by atoms with Crippen LogP contribution < -0.4 is 5.14 Å². The second kappa shape index (κ2) is 6.82. The first-order valence-electron chi connectivity index (χ1n) is 7.77. The monoisotopic (exact) mass is 396 g/mol. The van der Waals surface area contributed by atoms with Crippen LogP contribution >= 0.6 is 0 Å². The first kappa shape index (κ1) is 19.1. The van der Waals surface area contributed by atoms with E-state index < -0.39 is 32.9 Å². The zero-order valence-corrected chi connectivity index (χ0v) is 15.1. The minimum absolute atomic E-state index is 0.00519. The number of sulfonamides is 1. The first-order chi connectivity index (χ1) is 12.6. The predicted octanol–water partition coefficient (Wildman–Crippen LogP) is 4.35. The quantitative estimate of drug-likeness (QED) is 0.710. The van der Waals surface area contributed by atoms with Crippen LogP contribution in [0.5, 0.6) is 0 Å². The summed E-state index contributed by atoms with van der Waals surface area (Å²) in [5, 5.41) is 8.69. The maximum atomic E-state index is 14.2. The van der Waals surface area contributed by atoms with Crippen molar-refractivity contribution in [3.8, 4) is 22.4 Å². The molecule has 1 aromatic heterocycles. The Morgan fingerprint density at radius 3 is 2.19 bits per heavy atom. The topological polar surface area (TPSA) is 86.2 Å². The molecule has 0 spiro atoms. The fourth-order valence-electron chi connectivity index (χ4n) is 2.93. The van der Waals surface area contributed by atoms with E-state index >= 15 is 0 Å². The van der Waals surface area contributed by atoms with Gasteiger partial charge in [0.1, 0.15) is 16.4 Å². The molecular formula is C18H15F3N2O3S. The van der Waals surface area contributed by atoms with Gasteiger partial charge in [-0.2, -0.15) is 0 Å². The van der Waals surface area contributed by atoms with E-state index in [-0.39, 0.29) is 16.8 Å². The zero-order chi connectivity index (χ0) is 19.9. The van der Waals surface area contributed by atoms with Crippen LogP contribution in [0.15, 0.2) is 45.8 Å². The van der Waals surface area contributed by atoms with Crippen LogP contribution in [0.3, 0.4) is 0 Å². The molecule has 1 heterocycles. The van der Waals surface area contributed by atoms with Crippen molar-refractivity contribution < 1.29 is 26.1 Å². The summed E-state index contributed by atoms with van der Waals surface area (Å²) in [7, 11) is -4.28. The Bertz CT molecular complexity index is 1100. The molecule has 0 saturated heterocycles. The van der Waals surface area contributed by atoms with E-state index in [2.05, 4.69) is 5.16 Å². The lowest BCUT2D eigenvalue weighted by Gasteiger charge is -2.08. The molecule has 0 unspecified atom stereocenters. The predicted molar refractivity (Wildman–Crippen MR) is 93.1 cm³/mol. The Labute approximate surface area is 153 Å². The summed E-state index contributed by atoms with van der Waals surface area (Å²) in [6, 6.07) is 8.31. The van der Waals surface area contributed by atoms with Crippen LogP contribution in [-0.4, -0.2) is 13.6 Å². The van der Waals surface area contributed by atoms with Crippen molar-refractivity contribution in [2.24, 2.45) is 5.14 Å². The van der Waals surface area contributed by atoms with Crippen molar-refractivity contribution >= 4 is 10.0 Å². The van der Waals surface area contributed by atoms with Gasteiger partial charge in [0, 0.05) is 5.56 Å². The van der Waals surface area contributed by atoms with Crippen molar-refractivity contribution in [2.45, 2.75) is 25.2 Å². The number of hydrogen-bond donors (Lipinski definition) is 1. The Kier molecular flexibility index (Phi) is 4.83. The molecule has 3 rings (SSSR count). The summed E-state index contributed by atoms with van der Waals surface area (Å²) in [6.07, 6.45) is -2.99. The number of halogens is 3. The molecule has 2 N–H and O–H groups in total. The van der Waals surface area contributed by atoms with Crippen molar-refractivity contribution in [3.05, 3.63) is 59.1 Å². The summed E-state index contributed by atoms with van der Waals surface area (Å²) in [4.78, 5) is -0.728. The van der Waals surface area contributed by atoms with Gasteiger partial charge in [-0.05, 0) is 43.7 Å². The lowest BCUT2D eigenvalue weighted by Crippen LogP contribution is -2.14. The highest BCUT2D eigenvalue weighted by molar-refractivity contribution is 7.89. The average molecular weight is 396 g/mol. The summed E-state index contributed by atoms with van der Waals surface area (Å²) in [6.45, 7) is 3.68. The molecule has 3 aromatic rings. The van der Waals surface area contributed by atoms with E-state index in [0.717, 1.165) is 23.3 Å². The summed E-state index contributed by atoms with van der Waals surface area (Å²) in [5.74, 6) is -1.88. The van der Waals surface area contributed by atoms with E-state index in [1.165, 1.54) is 6.07 Å². The molecule has 0 bridgehead atoms. The number of nitrogens with two attached hydrogens (primary N) is 1. The molecule has 0 aliphatic heterocycles. The van der Waals surface area contributed by atoms with Crippen LogP contribution in [0.4, 0.5) is 13.2 Å². The second-order valence-electron chi connectivity index (χ2n) is 6.14. The smallest absolute Gasteiger partial charge is 0.298 e. The van der Waals surface area contributed by atoms with Crippen molar-refractivity contribution in [1.29, 1.82) is 0 Å². The summed E-state index contributed by atoms with van der Waals surface area (Å²) in [5.41, 5.74) is 2.30. The molecule has 0 aliphatic carbocycles. The van der Waals surface area contributed by atoms with E-state index in [9.17, 15) is 21.6 Å². The maximum Gasteiger partial charge on any atom is 0.298 e. The number of hydrogen-bond acceptors (Lipinski definition) is 4. The van der Waals surface area contributed by atoms with Crippen molar-refractivity contribution in [2.75, 3.05) is 0 Å². The molecule has 0 amide bonds. The minimum Gasteiger partial charge on any atom is -0.354 e. The number of aromatic nitrogens is 1. The number of nitrogens with zero attached hydrogens (tertiary/aromatic N) is 1. The minimum atomic E-state index is -4.28. The zero-order valence-electron chi connectivity index (χ0n) is 14.3. The number of primary sulfonamides is 1. The molecule has 9 heteroatoms. The summed E-state index contributed by atoms with van der Waals surface area (Å²) >= 11 is 0. The molecule has 5 nitrogen and oxygen atoms in total. The molecule has 27 heavy (non-hydrogen) atoms. The van der Waals surface area contributed by atoms with Crippen molar-refractivity contribution in [3.63, 3.8) is 0 Å².